The van der Waals surface area contributed by atoms with Gasteiger partial charge >= 0.3 is 5.97 Å². The highest BCUT2D eigenvalue weighted by Crippen LogP contribution is 2.38. The molecule has 0 aromatic carbocycles. The number of fused-ring (bicyclic) bond motifs is 1. The van der Waals surface area contributed by atoms with Gasteiger partial charge in [-0.2, -0.15) is 0 Å². The molecule has 1 atom stereocenters. The molecular formula is C19H28N2O4. The van der Waals surface area contributed by atoms with Crippen LogP contribution in [0.4, 0.5) is 0 Å². The molecule has 0 aliphatic carbocycles. The topological polar surface area (TPSA) is 79.7 Å². The molecule has 2 rings (SSSR count). The molecule has 25 heavy (non-hydrogen) atoms. The Morgan fingerprint density at radius 3 is 2.68 bits per heavy atom. The number of esters is 1. The van der Waals surface area contributed by atoms with Crippen LogP contribution in [0.3, 0.4) is 0 Å². The first-order valence-electron chi connectivity index (χ1n) is 8.70. The molecule has 2 heterocycles. The average Bonchev–Trinajstić information content (AvgIpc) is 2.60. The lowest BCUT2D eigenvalue weighted by Gasteiger charge is -2.38. The molecule has 0 saturated carbocycles. The monoisotopic (exact) mass is 348 g/mol. The van der Waals surface area contributed by atoms with Crippen LogP contribution in [0.1, 0.15) is 64.1 Å². The van der Waals surface area contributed by atoms with Gasteiger partial charge in [0.25, 0.3) is 6.47 Å². The smallest absolute Gasteiger partial charge is 0.354 e. The van der Waals surface area contributed by atoms with Gasteiger partial charge in [0.2, 0.25) is 0 Å². The van der Waals surface area contributed by atoms with Crippen molar-refractivity contribution in [3.63, 3.8) is 0 Å². The number of nitrogens with zero attached hydrogens (tertiary/aromatic N) is 2. The Bertz CT molecular complexity index is 613. The van der Waals surface area contributed by atoms with Gasteiger partial charge < -0.3 is 14.7 Å². The van der Waals surface area contributed by atoms with E-state index in [2.05, 4.69) is 23.7 Å². The highest BCUT2D eigenvalue weighted by molar-refractivity contribution is 5.98. The van der Waals surface area contributed by atoms with E-state index in [0.717, 1.165) is 36.9 Å². The van der Waals surface area contributed by atoms with Crippen LogP contribution >= 0.6 is 0 Å². The molecule has 0 saturated heterocycles. The fourth-order valence-corrected chi connectivity index (χ4v) is 3.09. The van der Waals surface area contributed by atoms with Crippen molar-refractivity contribution < 1.29 is 19.4 Å². The van der Waals surface area contributed by atoms with Gasteiger partial charge in [-0.15, -0.1) is 0 Å². The molecule has 1 aliphatic rings. The van der Waals surface area contributed by atoms with E-state index >= 15 is 0 Å². The number of unbranched alkanes of at least 4 members (excludes halogenated alkanes) is 2. The van der Waals surface area contributed by atoms with Crippen LogP contribution in [0, 0.1) is 0 Å². The number of pyridine rings is 1. The maximum Gasteiger partial charge on any atom is 0.354 e. The average molecular weight is 348 g/mol. The van der Waals surface area contributed by atoms with E-state index in [1.807, 2.05) is 26.1 Å². The van der Waals surface area contributed by atoms with Crippen LogP contribution in [0.15, 0.2) is 24.2 Å². The number of aromatic nitrogens is 1. The van der Waals surface area contributed by atoms with Crippen LogP contribution in [0.2, 0.25) is 0 Å². The van der Waals surface area contributed by atoms with Crippen LogP contribution in [-0.2, 0) is 14.3 Å². The zero-order valence-corrected chi connectivity index (χ0v) is 15.5. The van der Waals surface area contributed by atoms with E-state index in [0.29, 0.717) is 12.3 Å². The number of hydrogen-bond donors (Lipinski definition) is 1. The summed E-state index contributed by atoms with van der Waals surface area (Å²) in [6.07, 6.45) is 7.10. The van der Waals surface area contributed by atoms with Crippen molar-refractivity contribution >= 4 is 18.0 Å². The molecule has 0 radical (unpaired) electrons. The fraction of sp³-hybridized carbons (Fsp3) is 0.526. The van der Waals surface area contributed by atoms with Gasteiger partial charge in [0.15, 0.2) is 0 Å². The molecule has 0 spiro atoms. The minimum atomic E-state index is -0.250. The van der Waals surface area contributed by atoms with Crippen LogP contribution in [0.5, 0.6) is 0 Å². The van der Waals surface area contributed by atoms with Crippen molar-refractivity contribution in [1.82, 2.24) is 9.88 Å². The van der Waals surface area contributed by atoms with Gasteiger partial charge in [0, 0.05) is 24.5 Å². The number of ether oxygens (including phenoxy) is 1. The summed E-state index contributed by atoms with van der Waals surface area (Å²) in [5.74, 6) is -0.217. The molecule has 0 amide bonds. The van der Waals surface area contributed by atoms with Gasteiger partial charge in [-0.25, -0.2) is 4.79 Å². The maximum atomic E-state index is 12.5. The summed E-state index contributed by atoms with van der Waals surface area (Å²) in [5, 5.41) is 6.89. The second-order valence-corrected chi connectivity index (χ2v) is 5.84. The number of allylic oxidation sites excluding steroid dienone is 1. The van der Waals surface area contributed by atoms with Crippen molar-refractivity contribution in [1.29, 1.82) is 0 Å². The number of carboxylic acid groups (broad SMARTS) is 1. The standard InChI is InChI=1S/C18H26N2O2.CH2O2/c1-5-7-8-11-20-14(4)16-12-19-10-9-15(16)13(3)17(20)18(21)22-6-2;2-1-3/h9-10,12,14H,5-8,11H2,1-4H3;1H,(H,2,3). The number of hydrogen-bond acceptors (Lipinski definition) is 5. The van der Waals surface area contributed by atoms with Crippen molar-refractivity contribution in [2.45, 2.75) is 53.0 Å². The summed E-state index contributed by atoms with van der Waals surface area (Å²) in [6, 6.07) is 2.13. The second kappa shape index (κ2) is 10.5. The summed E-state index contributed by atoms with van der Waals surface area (Å²) in [4.78, 5) is 27.3. The molecule has 6 heteroatoms. The third-order valence-corrected chi connectivity index (χ3v) is 4.29. The summed E-state index contributed by atoms with van der Waals surface area (Å²) >= 11 is 0. The first kappa shape index (κ1) is 20.7. The predicted molar refractivity (Wildman–Crippen MR) is 96.8 cm³/mol. The van der Waals surface area contributed by atoms with Gasteiger partial charge in [-0.05, 0) is 44.4 Å². The normalized spacial score (nSPS) is 15.8. The Labute approximate surface area is 149 Å². The molecule has 0 fully saturated rings. The minimum Gasteiger partial charge on any atom is -0.483 e. The van der Waals surface area contributed by atoms with Gasteiger partial charge in [-0.1, -0.05) is 19.8 Å². The summed E-state index contributed by atoms with van der Waals surface area (Å²) < 4.78 is 5.30. The van der Waals surface area contributed by atoms with Crippen LogP contribution < -0.4 is 0 Å². The first-order valence-corrected chi connectivity index (χ1v) is 8.70. The maximum absolute atomic E-state index is 12.5. The molecule has 6 nitrogen and oxygen atoms in total. The molecule has 1 unspecified atom stereocenters. The lowest BCUT2D eigenvalue weighted by molar-refractivity contribution is -0.140. The van der Waals surface area contributed by atoms with Gasteiger partial charge in [0.05, 0.1) is 12.6 Å². The molecule has 1 aliphatic heterocycles. The quantitative estimate of drug-likeness (QED) is 0.480. The zero-order valence-electron chi connectivity index (χ0n) is 15.5. The molecule has 1 aromatic rings. The Hall–Kier alpha value is -2.37. The summed E-state index contributed by atoms with van der Waals surface area (Å²) in [5.41, 5.74) is 4.00. The van der Waals surface area contributed by atoms with Crippen molar-refractivity contribution in [3.05, 3.63) is 35.3 Å². The molecular weight excluding hydrogens is 320 g/mol. The van der Waals surface area contributed by atoms with E-state index < -0.39 is 0 Å². The van der Waals surface area contributed by atoms with E-state index in [4.69, 9.17) is 14.6 Å². The third-order valence-electron chi connectivity index (χ3n) is 4.29. The molecule has 0 bridgehead atoms. The van der Waals surface area contributed by atoms with Crippen molar-refractivity contribution in [2.24, 2.45) is 0 Å². The van der Waals surface area contributed by atoms with E-state index in [-0.39, 0.29) is 18.5 Å². The SMILES string of the molecule is CCCCCN1C(C(=O)OCC)=C(C)c2ccncc2C1C.O=CO. The number of carbonyl (C=O) groups is 2. The van der Waals surface area contributed by atoms with Crippen LogP contribution in [0.25, 0.3) is 5.57 Å². The highest BCUT2D eigenvalue weighted by atomic mass is 16.5. The van der Waals surface area contributed by atoms with Crippen molar-refractivity contribution in [3.8, 4) is 0 Å². The Morgan fingerprint density at radius 1 is 1.40 bits per heavy atom. The largest absolute Gasteiger partial charge is 0.483 e. The molecule has 138 valence electrons. The van der Waals surface area contributed by atoms with E-state index in [1.54, 1.807) is 6.20 Å². The van der Waals surface area contributed by atoms with E-state index in [9.17, 15) is 4.79 Å². The van der Waals surface area contributed by atoms with E-state index in [1.165, 1.54) is 5.56 Å². The second-order valence-electron chi connectivity index (χ2n) is 5.84. The lowest BCUT2D eigenvalue weighted by Crippen LogP contribution is -2.36. The van der Waals surface area contributed by atoms with Crippen LogP contribution in [-0.4, -0.2) is 40.6 Å². The number of rotatable bonds is 6. The van der Waals surface area contributed by atoms with Gasteiger partial charge in [0.1, 0.15) is 5.70 Å². The highest BCUT2D eigenvalue weighted by Gasteiger charge is 2.32. The minimum absolute atomic E-state index is 0.142. The summed E-state index contributed by atoms with van der Waals surface area (Å²) in [7, 11) is 0. The number of carbonyl (C=O) groups excluding carboxylic acids is 1. The van der Waals surface area contributed by atoms with Crippen molar-refractivity contribution in [2.75, 3.05) is 13.2 Å². The Kier molecular flexibility index (Phi) is 8.67. The predicted octanol–water partition coefficient (Wildman–Crippen LogP) is 3.64. The third kappa shape index (κ3) is 5.05. The lowest BCUT2D eigenvalue weighted by atomic mass is 9.90. The fourth-order valence-electron chi connectivity index (χ4n) is 3.09. The molecule has 1 N–H and O–H groups in total. The zero-order chi connectivity index (χ0) is 18.8. The van der Waals surface area contributed by atoms with Gasteiger partial charge in [-0.3, -0.25) is 9.78 Å². The Balaban J connectivity index is 0.000000970. The Morgan fingerprint density at radius 2 is 2.08 bits per heavy atom. The first-order chi connectivity index (χ1) is 12.0. The summed E-state index contributed by atoms with van der Waals surface area (Å²) in [6.45, 7) is 9.19. The molecule has 1 aromatic heterocycles.